The number of rotatable bonds is 5. The molecular weight excluding hydrogens is 256 g/mol. The highest BCUT2D eigenvalue weighted by atomic mass is 15.2. The largest absolute Gasteiger partial charge is 0.399 e. The van der Waals surface area contributed by atoms with Crippen molar-refractivity contribution in [3.8, 4) is 0 Å². The van der Waals surface area contributed by atoms with Gasteiger partial charge in [-0.25, -0.2) is 0 Å². The van der Waals surface area contributed by atoms with E-state index >= 15 is 0 Å². The second kappa shape index (κ2) is 5.90. The summed E-state index contributed by atoms with van der Waals surface area (Å²) in [7, 11) is 0. The summed E-state index contributed by atoms with van der Waals surface area (Å²) in [4.78, 5) is 2.59. The van der Waals surface area contributed by atoms with Crippen LogP contribution in [0.25, 0.3) is 0 Å². The SMILES string of the molecule is Cc1ccc(C)c(CN(Cc2cccc(N)c2)C2CC2)c1. The molecule has 0 amide bonds. The van der Waals surface area contributed by atoms with E-state index in [4.69, 9.17) is 5.73 Å². The number of hydrogen-bond donors (Lipinski definition) is 1. The summed E-state index contributed by atoms with van der Waals surface area (Å²) in [6, 6.07) is 15.8. The van der Waals surface area contributed by atoms with Gasteiger partial charge in [0, 0.05) is 24.8 Å². The summed E-state index contributed by atoms with van der Waals surface area (Å²) in [5.41, 5.74) is 12.3. The molecule has 0 radical (unpaired) electrons. The fourth-order valence-corrected chi connectivity index (χ4v) is 2.87. The van der Waals surface area contributed by atoms with Crippen LogP contribution >= 0.6 is 0 Å². The van der Waals surface area contributed by atoms with E-state index in [0.29, 0.717) is 0 Å². The quantitative estimate of drug-likeness (QED) is 0.837. The first kappa shape index (κ1) is 14.2. The minimum Gasteiger partial charge on any atom is -0.399 e. The van der Waals surface area contributed by atoms with E-state index in [1.165, 1.54) is 35.1 Å². The molecule has 2 aromatic rings. The maximum atomic E-state index is 5.90. The molecule has 0 aromatic heterocycles. The van der Waals surface area contributed by atoms with Crippen molar-refractivity contribution in [2.24, 2.45) is 0 Å². The van der Waals surface area contributed by atoms with Crippen LogP contribution in [-0.4, -0.2) is 10.9 Å². The summed E-state index contributed by atoms with van der Waals surface area (Å²) < 4.78 is 0. The molecule has 1 fully saturated rings. The third kappa shape index (κ3) is 3.64. The lowest BCUT2D eigenvalue weighted by molar-refractivity contribution is 0.245. The number of nitrogen functional groups attached to an aromatic ring is 1. The van der Waals surface area contributed by atoms with Gasteiger partial charge in [-0.15, -0.1) is 0 Å². The normalized spacial score (nSPS) is 14.6. The van der Waals surface area contributed by atoms with E-state index < -0.39 is 0 Å². The van der Waals surface area contributed by atoms with Crippen LogP contribution < -0.4 is 5.73 Å². The smallest absolute Gasteiger partial charge is 0.0317 e. The highest BCUT2D eigenvalue weighted by Crippen LogP contribution is 2.30. The second-order valence-electron chi connectivity index (χ2n) is 6.31. The Morgan fingerprint density at radius 3 is 2.57 bits per heavy atom. The number of nitrogens with two attached hydrogens (primary N) is 1. The Kier molecular flexibility index (Phi) is 3.98. The van der Waals surface area contributed by atoms with Crippen LogP contribution in [0.3, 0.4) is 0 Å². The molecular formula is C19H24N2. The first-order chi connectivity index (χ1) is 10.1. The molecule has 1 saturated carbocycles. The summed E-state index contributed by atoms with van der Waals surface area (Å²) in [5, 5.41) is 0. The molecule has 21 heavy (non-hydrogen) atoms. The van der Waals surface area contributed by atoms with Gasteiger partial charge in [-0.1, -0.05) is 35.9 Å². The van der Waals surface area contributed by atoms with Crippen LogP contribution in [0.4, 0.5) is 5.69 Å². The maximum absolute atomic E-state index is 5.90. The predicted octanol–water partition coefficient (Wildman–Crippen LogP) is 4.05. The van der Waals surface area contributed by atoms with E-state index in [2.05, 4.69) is 49.1 Å². The Morgan fingerprint density at radius 2 is 1.86 bits per heavy atom. The lowest BCUT2D eigenvalue weighted by atomic mass is 10.0. The molecule has 0 bridgehead atoms. The Hall–Kier alpha value is -1.80. The summed E-state index contributed by atoms with van der Waals surface area (Å²) in [6.45, 7) is 6.40. The molecule has 0 spiro atoms. The van der Waals surface area contributed by atoms with Crippen LogP contribution in [0.5, 0.6) is 0 Å². The van der Waals surface area contributed by atoms with Gasteiger partial charge in [0.25, 0.3) is 0 Å². The van der Waals surface area contributed by atoms with Crippen molar-refractivity contribution in [3.63, 3.8) is 0 Å². The Bertz CT molecular complexity index is 629. The molecule has 0 unspecified atom stereocenters. The van der Waals surface area contributed by atoms with Crippen LogP contribution in [0.15, 0.2) is 42.5 Å². The van der Waals surface area contributed by atoms with E-state index in [1.807, 2.05) is 12.1 Å². The second-order valence-corrected chi connectivity index (χ2v) is 6.31. The van der Waals surface area contributed by atoms with Crippen molar-refractivity contribution < 1.29 is 0 Å². The number of anilines is 1. The number of benzene rings is 2. The highest BCUT2D eigenvalue weighted by molar-refractivity contribution is 5.40. The van der Waals surface area contributed by atoms with E-state index in [-0.39, 0.29) is 0 Å². The number of aryl methyl sites for hydroxylation is 2. The van der Waals surface area contributed by atoms with Crippen LogP contribution in [0.2, 0.25) is 0 Å². The lowest BCUT2D eigenvalue weighted by Crippen LogP contribution is -2.25. The van der Waals surface area contributed by atoms with Gasteiger partial charge in [-0.3, -0.25) is 4.90 Å². The van der Waals surface area contributed by atoms with Gasteiger partial charge in [0.15, 0.2) is 0 Å². The van der Waals surface area contributed by atoms with Crippen LogP contribution in [-0.2, 0) is 13.1 Å². The molecule has 2 heteroatoms. The van der Waals surface area contributed by atoms with E-state index in [1.54, 1.807) is 0 Å². The van der Waals surface area contributed by atoms with Crippen LogP contribution in [0, 0.1) is 13.8 Å². The van der Waals surface area contributed by atoms with Crippen molar-refractivity contribution >= 4 is 5.69 Å². The van der Waals surface area contributed by atoms with Gasteiger partial charge in [0.05, 0.1) is 0 Å². The molecule has 0 atom stereocenters. The molecule has 0 heterocycles. The van der Waals surface area contributed by atoms with Crippen molar-refractivity contribution in [2.45, 2.75) is 45.8 Å². The highest BCUT2D eigenvalue weighted by Gasteiger charge is 2.29. The number of hydrogen-bond acceptors (Lipinski definition) is 2. The standard InChI is InChI=1S/C19H24N2/c1-14-6-7-15(2)17(10-14)13-21(19-8-9-19)12-16-4-3-5-18(20)11-16/h3-7,10-11,19H,8-9,12-13,20H2,1-2H3. The topological polar surface area (TPSA) is 29.3 Å². The molecule has 2 aromatic carbocycles. The van der Waals surface area contributed by atoms with Crippen molar-refractivity contribution in [1.29, 1.82) is 0 Å². The zero-order chi connectivity index (χ0) is 14.8. The fourth-order valence-electron chi connectivity index (χ4n) is 2.87. The molecule has 1 aliphatic rings. The first-order valence-electron chi connectivity index (χ1n) is 7.76. The van der Waals surface area contributed by atoms with E-state index in [9.17, 15) is 0 Å². The molecule has 0 saturated heterocycles. The Balaban J connectivity index is 1.77. The summed E-state index contributed by atoms with van der Waals surface area (Å²) >= 11 is 0. The third-order valence-corrected chi connectivity index (χ3v) is 4.28. The van der Waals surface area contributed by atoms with Crippen molar-refractivity contribution in [3.05, 3.63) is 64.7 Å². The average molecular weight is 280 g/mol. The lowest BCUT2D eigenvalue weighted by Gasteiger charge is -2.23. The third-order valence-electron chi connectivity index (χ3n) is 4.28. The predicted molar refractivity (Wildman–Crippen MR) is 89.0 cm³/mol. The Labute approximate surface area is 127 Å². The van der Waals surface area contributed by atoms with Gasteiger partial charge < -0.3 is 5.73 Å². The molecule has 110 valence electrons. The molecule has 2 N–H and O–H groups in total. The summed E-state index contributed by atoms with van der Waals surface area (Å²) in [6.07, 6.45) is 2.65. The Morgan fingerprint density at radius 1 is 1.05 bits per heavy atom. The monoisotopic (exact) mass is 280 g/mol. The first-order valence-corrected chi connectivity index (χ1v) is 7.76. The van der Waals surface area contributed by atoms with Crippen molar-refractivity contribution in [2.75, 3.05) is 5.73 Å². The van der Waals surface area contributed by atoms with Gasteiger partial charge in [-0.05, 0) is 55.5 Å². The van der Waals surface area contributed by atoms with Crippen LogP contribution in [0.1, 0.15) is 35.1 Å². The van der Waals surface area contributed by atoms with Gasteiger partial charge in [0.2, 0.25) is 0 Å². The number of nitrogens with zero attached hydrogens (tertiary/aromatic N) is 1. The maximum Gasteiger partial charge on any atom is 0.0317 e. The minimum atomic E-state index is 0.742. The zero-order valence-electron chi connectivity index (χ0n) is 13.0. The van der Waals surface area contributed by atoms with Gasteiger partial charge in [-0.2, -0.15) is 0 Å². The molecule has 1 aliphatic carbocycles. The molecule has 2 nitrogen and oxygen atoms in total. The fraction of sp³-hybridized carbons (Fsp3) is 0.368. The van der Waals surface area contributed by atoms with Gasteiger partial charge in [0.1, 0.15) is 0 Å². The summed E-state index contributed by atoms with van der Waals surface area (Å²) in [5.74, 6) is 0. The zero-order valence-corrected chi connectivity index (χ0v) is 13.0. The average Bonchev–Trinajstić information content (AvgIpc) is 3.27. The van der Waals surface area contributed by atoms with E-state index in [0.717, 1.165) is 24.8 Å². The molecule has 0 aliphatic heterocycles. The van der Waals surface area contributed by atoms with Gasteiger partial charge >= 0.3 is 0 Å². The van der Waals surface area contributed by atoms with Crippen molar-refractivity contribution in [1.82, 2.24) is 4.90 Å². The molecule has 3 rings (SSSR count). The minimum absolute atomic E-state index is 0.742.